The van der Waals surface area contributed by atoms with E-state index in [4.69, 9.17) is 9.47 Å². The Hall–Kier alpha value is -4.01. The summed E-state index contributed by atoms with van der Waals surface area (Å²) in [4.78, 5) is 43.9. The quantitative estimate of drug-likeness (QED) is 0.314. The van der Waals surface area contributed by atoms with Crippen LogP contribution < -0.4 is 10.6 Å². The van der Waals surface area contributed by atoms with Crippen molar-refractivity contribution in [1.82, 2.24) is 20.5 Å². The first kappa shape index (κ1) is 29.0. The lowest BCUT2D eigenvalue weighted by molar-refractivity contribution is 0.0465. The van der Waals surface area contributed by atoms with E-state index in [1.165, 1.54) is 0 Å². The number of fused-ring (bicyclic) bond motifs is 5. The molecule has 3 N–H and O–H groups in total. The number of alkyl carbamates (subject to hydrolysis) is 2. The molecule has 0 saturated heterocycles. The zero-order valence-corrected chi connectivity index (χ0v) is 24.2. The highest BCUT2D eigenvalue weighted by Gasteiger charge is 2.31. The summed E-state index contributed by atoms with van der Waals surface area (Å²) in [5.74, 6) is -0.134. The summed E-state index contributed by atoms with van der Waals surface area (Å²) in [6, 6.07) is 15.5. The Morgan fingerprint density at radius 2 is 1.60 bits per heavy atom. The first-order valence-electron chi connectivity index (χ1n) is 13.8. The van der Waals surface area contributed by atoms with E-state index in [0.29, 0.717) is 31.6 Å². The van der Waals surface area contributed by atoms with Gasteiger partial charge < -0.3 is 30.0 Å². The Labute approximate surface area is 235 Å². The number of carbonyl (C=O) groups is 3. The van der Waals surface area contributed by atoms with Gasteiger partial charge in [-0.15, -0.1) is 0 Å². The molecule has 9 heteroatoms. The summed E-state index contributed by atoms with van der Waals surface area (Å²) in [5.41, 5.74) is 3.13. The second-order valence-electron chi connectivity index (χ2n) is 12.2. The Bertz CT molecular complexity index is 1380. The van der Waals surface area contributed by atoms with E-state index in [2.05, 4.69) is 15.6 Å². The van der Waals surface area contributed by atoms with Crippen molar-refractivity contribution in [3.05, 3.63) is 59.8 Å². The number of nitrogens with zero attached hydrogens (tertiary/aromatic N) is 1. The maximum atomic E-state index is 14.0. The zero-order chi connectivity index (χ0) is 29.1. The van der Waals surface area contributed by atoms with Crippen LogP contribution >= 0.6 is 0 Å². The van der Waals surface area contributed by atoms with Crippen molar-refractivity contribution in [1.29, 1.82) is 0 Å². The van der Waals surface area contributed by atoms with Gasteiger partial charge >= 0.3 is 12.2 Å². The van der Waals surface area contributed by atoms with Crippen molar-refractivity contribution in [2.24, 2.45) is 0 Å². The van der Waals surface area contributed by atoms with Gasteiger partial charge in [-0.2, -0.15) is 0 Å². The highest BCUT2D eigenvalue weighted by molar-refractivity contribution is 6.11. The molecule has 214 valence electrons. The lowest BCUT2D eigenvalue weighted by Crippen LogP contribution is -2.47. The summed E-state index contributed by atoms with van der Waals surface area (Å²) in [5, 5.41) is 6.71. The fraction of sp³-hybridized carbons (Fsp3) is 0.452. The minimum absolute atomic E-state index is 0.134. The molecule has 0 saturated carbocycles. The van der Waals surface area contributed by atoms with E-state index in [9.17, 15) is 14.4 Å². The molecule has 0 spiro atoms. The summed E-state index contributed by atoms with van der Waals surface area (Å²) < 4.78 is 10.8. The van der Waals surface area contributed by atoms with Crippen molar-refractivity contribution in [3.63, 3.8) is 0 Å². The molecule has 4 rings (SSSR count). The predicted octanol–water partition coefficient (Wildman–Crippen LogP) is 5.99. The topological polar surface area (TPSA) is 113 Å². The molecule has 1 aliphatic rings. The first-order valence-corrected chi connectivity index (χ1v) is 13.8. The van der Waals surface area contributed by atoms with Crippen molar-refractivity contribution in [2.45, 2.75) is 78.2 Å². The van der Waals surface area contributed by atoms with Gasteiger partial charge in [0.15, 0.2) is 0 Å². The molecule has 0 aliphatic carbocycles. The largest absolute Gasteiger partial charge is 0.444 e. The number of aromatic nitrogens is 1. The number of aromatic amines is 1. The van der Waals surface area contributed by atoms with E-state index in [-0.39, 0.29) is 12.5 Å². The van der Waals surface area contributed by atoms with Crippen LogP contribution in [0.4, 0.5) is 9.59 Å². The summed E-state index contributed by atoms with van der Waals surface area (Å²) in [6.07, 6.45) is 0.0390. The molecule has 0 unspecified atom stereocenters. The number of benzene rings is 2. The van der Waals surface area contributed by atoms with E-state index < -0.39 is 29.4 Å². The monoisotopic (exact) mass is 548 g/mol. The number of hydrogen-bond acceptors (Lipinski definition) is 5. The van der Waals surface area contributed by atoms with Gasteiger partial charge in [-0.05, 0) is 71.6 Å². The molecule has 9 nitrogen and oxygen atoms in total. The lowest BCUT2D eigenvalue weighted by atomic mass is 9.98. The van der Waals surface area contributed by atoms with Crippen molar-refractivity contribution < 1.29 is 23.9 Å². The van der Waals surface area contributed by atoms with Crippen LogP contribution in [0.3, 0.4) is 0 Å². The van der Waals surface area contributed by atoms with Crippen LogP contribution in [0.15, 0.2) is 48.5 Å². The molecule has 1 aliphatic heterocycles. The minimum atomic E-state index is -0.663. The number of amides is 3. The second kappa shape index (κ2) is 11.6. The molecule has 2 aromatic carbocycles. The molecule has 3 amide bonds. The molecule has 1 atom stereocenters. The SMILES string of the molecule is CC(C)(C)OC(=O)NCCC[C@@H](CN1Cc2ccccc2-c2c([nH]c3ccccc23)C1=O)NC(=O)OC(C)(C)C. The highest BCUT2D eigenvalue weighted by atomic mass is 16.6. The second-order valence-corrected chi connectivity index (χ2v) is 12.2. The summed E-state index contributed by atoms with van der Waals surface area (Å²) >= 11 is 0. The van der Waals surface area contributed by atoms with Crippen LogP contribution in [0.25, 0.3) is 22.0 Å². The molecule has 3 aromatic rings. The third-order valence-electron chi connectivity index (χ3n) is 6.41. The van der Waals surface area contributed by atoms with Crippen LogP contribution in [0, 0.1) is 0 Å². The Morgan fingerprint density at radius 3 is 2.33 bits per heavy atom. The number of hydrogen-bond donors (Lipinski definition) is 3. The van der Waals surface area contributed by atoms with Crippen molar-refractivity contribution >= 4 is 29.0 Å². The van der Waals surface area contributed by atoms with Gasteiger partial charge in [0, 0.05) is 42.1 Å². The third-order valence-corrected chi connectivity index (χ3v) is 6.41. The Morgan fingerprint density at radius 1 is 0.950 bits per heavy atom. The number of nitrogens with one attached hydrogen (secondary N) is 3. The third kappa shape index (κ3) is 7.34. The first-order chi connectivity index (χ1) is 18.8. The number of carbonyl (C=O) groups excluding carboxylic acids is 3. The van der Waals surface area contributed by atoms with Gasteiger partial charge in [-0.1, -0.05) is 42.5 Å². The summed E-state index contributed by atoms with van der Waals surface area (Å²) in [7, 11) is 0. The fourth-order valence-electron chi connectivity index (χ4n) is 4.87. The molecule has 0 bridgehead atoms. The smallest absolute Gasteiger partial charge is 0.407 e. The van der Waals surface area contributed by atoms with Crippen LogP contribution in [0.2, 0.25) is 0 Å². The van der Waals surface area contributed by atoms with E-state index in [1.54, 1.807) is 25.7 Å². The van der Waals surface area contributed by atoms with Crippen LogP contribution in [0.5, 0.6) is 0 Å². The average Bonchev–Trinajstić information content (AvgIpc) is 3.18. The Kier molecular flexibility index (Phi) is 8.42. The molecule has 0 radical (unpaired) electrons. The predicted molar refractivity (Wildman–Crippen MR) is 155 cm³/mol. The maximum Gasteiger partial charge on any atom is 0.407 e. The van der Waals surface area contributed by atoms with E-state index in [0.717, 1.165) is 27.6 Å². The van der Waals surface area contributed by atoms with Crippen molar-refractivity contribution in [3.8, 4) is 11.1 Å². The highest BCUT2D eigenvalue weighted by Crippen LogP contribution is 2.38. The average molecular weight is 549 g/mol. The Balaban J connectivity index is 1.55. The van der Waals surface area contributed by atoms with Gasteiger partial charge in [-0.25, -0.2) is 9.59 Å². The minimum Gasteiger partial charge on any atom is -0.444 e. The molecular weight excluding hydrogens is 508 g/mol. The van der Waals surface area contributed by atoms with Crippen molar-refractivity contribution in [2.75, 3.05) is 13.1 Å². The van der Waals surface area contributed by atoms with Crippen LogP contribution in [-0.2, 0) is 16.0 Å². The fourth-order valence-corrected chi connectivity index (χ4v) is 4.87. The molecule has 1 aromatic heterocycles. The van der Waals surface area contributed by atoms with Crippen LogP contribution in [0.1, 0.15) is 70.4 Å². The number of H-pyrrole nitrogens is 1. The van der Waals surface area contributed by atoms with Gasteiger partial charge in [-0.3, -0.25) is 4.79 Å². The number of ether oxygens (including phenoxy) is 2. The normalized spacial score (nSPS) is 14.2. The van der Waals surface area contributed by atoms with Gasteiger partial charge in [0.1, 0.15) is 16.9 Å². The molecular formula is C31H40N4O5. The maximum absolute atomic E-state index is 14.0. The molecule has 40 heavy (non-hydrogen) atoms. The summed E-state index contributed by atoms with van der Waals surface area (Å²) in [6.45, 7) is 11.9. The van der Waals surface area contributed by atoms with Gasteiger partial charge in [0.25, 0.3) is 5.91 Å². The standard InChI is InChI=1S/C31H40N4O5/c1-30(2,3)39-28(37)32-17-11-13-21(33-29(38)40-31(4,5)6)19-35-18-20-12-7-8-14-22(20)25-23-15-9-10-16-24(23)34-26(25)27(35)36/h7-10,12,14-16,21,34H,11,13,17-19H2,1-6H3,(H,32,37)(H,33,38)/t21-/m0/s1. The zero-order valence-electron chi connectivity index (χ0n) is 24.2. The van der Waals surface area contributed by atoms with Gasteiger partial charge in [0.2, 0.25) is 0 Å². The van der Waals surface area contributed by atoms with Crippen LogP contribution in [-0.4, -0.2) is 58.3 Å². The number of para-hydroxylation sites is 1. The number of rotatable bonds is 7. The molecule has 0 fully saturated rings. The van der Waals surface area contributed by atoms with E-state index in [1.807, 2.05) is 69.3 Å². The van der Waals surface area contributed by atoms with Gasteiger partial charge in [0.05, 0.1) is 0 Å². The van der Waals surface area contributed by atoms with E-state index >= 15 is 0 Å². The lowest BCUT2D eigenvalue weighted by Gasteiger charge is -2.29. The molecule has 2 heterocycles.